The number of urea groups is 1. The van der Waals surface area contributed by atoms with Gasteiger partial charge in [0.05, 0.1) is 22.1 Å². The molecule has 10 heteroatoms. The summed E-state index contributed by atoms with van der Waals surface area (Å²) in [7, 11) is 0. The molecule has 31 heavy (non-hydrogen) atoms. The normalized spacial score (nSPS) is 18.5. The molecule has 2 atom stereocenters. The van der Waals surface area contributed by atoms with Gasteiger partial charge in [-0.05, 0) is 30.3 Å². The molecule has 2 aromatic carbocycles. The van der Waals surface area contributed by atoms with Crippen LogP contribution >= 0.6 is 23.2 Å². The Morgan fingerprint density at radius 2 is 1.94 bits per heavy atom. The van der Waals surface area contributed by atoms with E-state index in [0.29, 0.717) is 32.9 Å². The molecule has 0 fully saturated rings. The van der Waals surface area contributed by atoms with E-state index in [0.717, 1.165) is 5.39 Å². The highest BCUT2D eigenvalue weighted by Gasteiger charge is 2.30. The van der Waals surface area contributed by atoms with E-state index in [1.165, 1.54) is 0 Å². The quantitative estimate of drug-likeness (QED) is 0.538. The number of carbonyl (C=O) groups is 2. The van der Waals surface area contributed by atoms with E-state index in [1.807, 2.05) is 31.2 Å². The van der Waals surface area contributed by atoms with Crippen molar-refractivity contribution in [3.63, 3.8) is 0 Å². The van der Waals surface area contributed by atoms with Gasteiger partial charge in [-0.3, -0.25) is 4.79 Å². The van der Waals surface area contributed by atoms with Crippen LogP contribution in [0.5, 0.6) is 0 Å². The molecule has 0 saturated carbocycles. The summed E-state index contributed by atoms with van der Waals surface area (Å²) >= 11 is 12.0. The molecule has 0 spiro atoms. The average Bonchev–Trinajstić information content (AvgIpc) is 2.78. The number of aromatic nitrogens is 2. The van der Waals surface area contributed by atoms with Gasteiger partial charge in [0, 0.05) is 23.5 Å². The maximum absolute atomic E-state index is 13.1. The molecule has 0 aliphatic carbocycles. The van der Waals surface area contributed by atoms with Gasteiger partial charge >= 0.3 is 6.03 Å². The first kappa shape index (κ1) is 21.1. The lowest BCUT2D eigenvalue weighted by Crippen LogP contribution is -2.46. The number of primary amides is 1. The molecule has 1 unspecified atom stereocenters. The van der Waals surface area contributed by atoms with Gasteiger partial charge in [-0.25, -0.2) is 14.8 Å². The predicted octanol–water partition coefficient (Wildman–Crippen LogP) is 3.89. The van der Waals surface area contributed by atoms with Crippen molar-refractivity contribution in [2.45, 2.75) is 19.5 Å². The molecule has 3 aromatic rings. The number of carbonyl (C=O) groups excluding carboxylic acids is 2. The Balaban J connectivity index is 1.70. The average molecular weight is 459 g/mol. The molecule has 0 radical (unpaired) electrons. The highest BCUT2D eigenvalue weighted by molar-refractivity contribution is 6.42. The molecule has 2 bridgehead atoms. The van der Waals surface area contributed by atoms with Gasteiger partial charge in [-0.1, -0.05) is 42.3 Å². The molecule has 1 aliphatic heterocycles. The number of halogens is 2. The first-order valence-electron chi connectivity index (χ1n) is 9.64. The molecule has 1 aliphatic rings. The zero-order valence-electron chi connectivity index (χ0n) is 16.6. The number of nitrogens with one attached hydrogen (secondary N) is 2. The third-order valence-electron chi connectivity index (χ3n) is 5.12. The Labute approximate surface area is 188 Å². The van der Waals surface area contributed by atoms with Gasteiger partial charge in [0.25, 0.3) is 0 Å². The lowest BCUT2D eigenvalue weighted by Gasteiger charge is -2.28. The predicted molar refractivity (Wildman–Crippen MR) is 121 cm³/mol. The molecule has 3 amide bonds. The maximum Gasteiger partial charge on any atom is 0.322 e. The number of fused-ring (bicyclic) bond motifs is 4. The molecular weight excluding hydrogens is 439 g/mol. The van der Waals surface area contributed by atoms with E-state index < -0.39 is 11.9 Å². The van der Waals surface area contributed by atoms with Crippen molar-refractivity contribution in [2.75, 3.05) is 17.2 Å². The first-order chi connectivity index (χ1) is 14.8. The van der Waals surface area contributed by atoms with Crippen molar-refractivity contribution < 1.29 is 9.59 Å². The standard InChI is InChI=1S/C21H20Cl2N6O2/c1-11-9-29(21(31)25-12-6-7-14(22)15(23)8-12)10-17-26-16-5-3-2-4-13(16)20(27-17)28-18(11)19(24)30/h2-8,11,18H,9-10H2,1H3,(H2,24,30)(H,25,31)(H,26,27,28)/t11?,18-/m0/s1. The summed E-state index contributed by atoms with van der Waals surface area (Å²) in [6.45, 7) is 2.26. The first-order valence-corrected chi connectivity index (χ1v) is 10.4. The number of hydrogen-bond donors (Lipinski definition) is 3. The van der Waals surface area contributed by atoms with Crippen molar-refractivity contribution in [1.29, 1.82) is 0 Å². The Hall–Kier alpha value is -3.10. The van der Waals surface area contributed by atoms with Gasteiger partial charge in [-0.15, -0.1) is 0 Å². The summed E-state index contributed by atoms with van der Waals surface area (Å²) in [5, 5.41) is 7.47. The SMILES string of the molecule is CC1CN(C(=O)Nc2ccc(Cl)c(Cl)c2)Cc2nc(c3ccccc3n2)N[C@@H]1C(N)=O. The van der Waals surface area contributed by atoms with Crippen LogP contribution in [0.3, 0.4) is 0 Å². The van der Waals surface area contributed by atoms with Crippen LogP contribution in [-0.2, 0) is 11.3 Å². The summed E-state index contributed by atoms with van der Waals surface area (Å²) in [4.78, 5) is 35.9. The van der Waals surface area contributed by atoms with Crippen LogP contribution in [0.2, 0.25) is 10.0 Å². The zero-order valence-corrected chi connectivity index (χ0v) is 18.1. The van der Waals surface area contributed by atoms with Crippen LogP contribution in [0, 0.1) is 5.92 Å². The number of anilines is 2. The molecule has 0 saturated heterocycles. The van der Waals surface area contributed by atoms with Gasteiger partial charge in [-0.2, -0.15) is 0 Å². The van der Waals surface area contributed by atoms with Crippen LogP contribution in [0.15, 0.2) is 42.5 Å². The molecule has 8 nitrogen and oxygen atoms in total. The number of benzene rings is 2. The van der Waals surface area contributed by atoms with E-state index >= 15 is 0 Å². The lowest BCUT2D eigenvalue weighted by molar-refractivity contribution is -0.119. The fourth-order valence-electron chi connectivity index (χ4n) is 3.57. The Morgan fingerprint density at radius 1 is 1.16 bits per heavy atom. The van der Waals surface area contributed by atoms with E-state index in [1.54, 1.807) is 23.1 Å². The molecule has 4 N–H and O–H groups in total. The molecule has 4 rings (SSSR count). The van der Waals surface area contributed by atoms with Crippen LogP contribution in [0.25, 0.3) is 10.9 Å². The smallest absolute Gasteiger partial charge is 0.322 e. The summed E-state index contributed by atoms with van der Waals surface area (Å²) in [5.74, 6) is 0.154. The second-order valence-electron chi connectivity index (χ2n) is 7.45. The van der Waals surface area contributed by atoms with Crippen molar-refractivity contribution in [2.24, 2.45) is 11.7 Å². The number of hydrogen-bond acceptors (Lipinski definition) is 5. The van der Waals surface area contributed by atoms with Crippen LogP contribution in [0.1, 0.15) is 12.7 Å². The third-order valence-corrected chi connectivity index (χ3v) is 5.86. The summed E-state index contributed by atoms with van der Waals surface area (Å²) in [5.41, 5.74) is 6.86. The van der Waals surface area contributed by atoms with Crippen molar-refractivity contribution in [3.8, 4) is 0 Å². The van der Waals surface area contributed by atoms with E-state index in [4.69, 9.17) is 28.9 Å². The van der Waals surface area contributed by atoms with Crippen molar-refractivity contribution >= 4 is 57.5 Å². The molecule has 1 aromatic heterocycles. The van der Waals surface area contributed by atoms with Gasteiger partial charge in [0.1, 0.15) is 11.9 Å². The van der Waals surface area contributed by atoms with Crippen LogP contribution < -0.4 is 16.4 Å². The zero-order chi connectivity index (χ0) is 22.1. The minimum absolute atomic E-state index is 0.155. The number of nitrogens with two attached hydrogens (primary N) is 1. The van der Waals surface area contributed by atoms with Gasteiger partial charge in [0.15, 0.2) is 5.82 Å². The maximum atomic E-state index is 13.1. The summed E-state index contributed by atoms with van der Waals surface area (Å²) in [6, 6.07) is 11.2. The fourth-order valence-corrected chi connectivity index (χ4v) is 3.86. The number of rotatable bonds is 2. The fraction of sp³-hybridized carbons (Fsp3) is 0.238. The second-order valence-corrected chi connectivity index (χ2v) is 8.26. The second kappa shape index (κ2) is 8.56. The minimum atomic E-state index is -0.718. The van der Waals surface area contributed by atoms with Crippen molar-refractivity contribution in [3.05, 3.63) is 58.3 Å². The largest absolute Gasteiger partial charge is 0.368 e. The minimum Gasteiger partial charge on any atom is -0.368 e. The Morgan fingerprint density at radius 3 is 2.68 bits per heavy atom. The number of para-hydroxylation sites is 1. The van der Waals surface area contributed by atoms with Gasteiger partial charge < -0.3 is 21.3 Å². The molecule has 160 valence electrons. The van der Waals surface area contributed by atoms with E-state index in [-0.39, 0.29) is 25.0 Å². The highest BCUT2D eigenvalue weighted by atomic mass is 35.5. The van der Waals surface area contributed by atoms with E-state index in [2.05, 4.69) is 20.6 Å². The highest BCUT2D eigenvalue weighted by Crippen LogP contribution is 2.27. The van der Waals surface area contributed by atoms with Gasteiger partial charge in [0.2, 0.25) is 5.91 Å². The van der Waals surface area contributed by atoms with Crippen LogP contribution in [-0.4, -0.2) is 39.4 Å². The molecule has 2 heterocycles. The number of amides is 3. The Kier molecular flexibility index (Phi) is 5.84. The van der Waals surface area contributed by atoms with E-state index in [9.17, 15) is 9.59 Å². The number of nitrogens with zero attached hydrogens (tertiary/aromatic N) is 3. The lowest BCUT2D eigenvalue weighted by atomic mass is 10.0. The monoisotopic (exact) mass is 458 g/mol. The Bertz CT molecular complexity index is 1170. The third kappa shape index (κ3) is 4.50. The van der Waals surface area contributed by atoms with Crippen LogP contribution in [0.4, 0.5) is 16.3 Å². The molecular formula is C21H20Cl2N6O2. The summed E-state index contributed by atoms with van der Waals surface area (Å²) < 4.78 is 0. The van der Waals surface area contributed by atoms with Crippen molar-refractivity contribution in [1.82, 2.24) is 14.9 Å². The topological polar surface area (TPSA) is 113 Å². The summed E-state index contributed by atoms with van der Waals surface area (Å²) in [6.07, 6.45) is 0.